The molecule has 1 aromatic carbocycles. The van der Waals surface area contributed by atoms with Crippen LogP contribution in [0.5, 0.6) is 0 Å². The Morgan fingerprint density at radius 3 is 3.10 bits per heavy atom. The van der Waals surface area contributed by atoms with Gasteiger partial charge >= 0.3 is 0 Å². The summed E-state index contributed by atoms with van der Waals surface area (Å²) in [5.41, 5.74) is 8.81. The van der Waals surface area contributed by atoms with Gasteiger partial charge in [-0.25, -0.2) is 0 Å². The summed E-state index contributed by atoms with van der Waals surface area (Å²) in [7, 11) is 0. The molecule has 1 fully saturated rings. The summed E-state index contributed by atoms with van der Waals surface area (Å²) in [5, 5.41) is 11.6. The van der Waals surface area contributed by atoms with Gasteiger partial charge in [0.15, 0.2) is 0 Å². The van der Waals surface area contributed by atoms with Crippen molar-refractivity contribution < 1.29 is 9.84 Å². The molecular formula is C15H19N3O2. The molecule has 0 radical (unpaired) electrons. The Hall–Kier alpha value is -1.85. The predicted octanol–water partition coefficient (Wildman–Crippen LogP) is 1.32. The molecule has 1 atom stereocenters. The van der Waals surface area contributed by atoms with Crippen LogP contribution in [0.3, 0.4) is 0 Å². The zero-order chi connectivity index (χ0) is 14.1. The first-order valence-electron chi connectivity index (χ1n) is 6.81. The molecule has 20 heavy (non-hydrogen) atoms. The molecule has 0 saturated carbocycles. The number of aliphatic hydroxyl groups is 1. The topological polar surface area (TPSA) is 71.6 Å². The number of rotatable bonds is 2. The average Bonchev–Trinajstić information content (AvgIpc) is 2.47. The van der Waals surface area contributed by atoms with Crippen molar-refractivity contribution in [3.05, 3.63) is 30.1 Å². The molecule has 5 nitrogen and oxygen atoms in total. The van der Waals surface area contributed by atoms with Crippen molar-refractivity contribution in [2.75, 3.05) is 37.0 Å². The minimum atomic E-state index is -0.0101. The Balaban J connectivity index is 2.15. The highest BCUT2D eigenvalue weighted by atomic mass is 16.5. The van der Waals surface area contributed by atoms with Crippen LogP contribution in [0.25, 0.3) is 10.8 Å². The summed E-state index contributed by atoms with van der Waals surface area (Å²) in [6.45, 7) is 4.04. The maximum Gasteiger partial charge on any atom is 0.0755 e. The smallest absolute Gasteiger partial charge is 0.0755 e. The summed E-state index contributed by atoms with van der Waals surface area (Å²) >= 11 is 0. The van der Waals surface area contributed by atoms with E-state index in [9.17, 15) is 5.11 Å². The quantitative estimate of drug-likeness (QED) is 0.808. The fourth-order valence-electron chi connectivity index (χ4n) is 2.72. The molecule has 2 heterocycles. The predicted molar refractivity (Wildman–Crippen MR) is 79.9 cm³/mol. The lowest BCUT2D eigenvalue weighted by Gasteiger charge is -2.37. The normalized spacial score (nSPS) is 19.5. The van der Waals surface area contributed by atoms with Crippen molar-refractivity contribution in [2.45, 2.75) is 13.0 Å². The van der Waals surface area contributed by atoms with Crippen molar-refractivity contribution in [3.8, 4) is 0 Å². The summed E-state index contributed by atoms with van der Waals surface area (Å²) in [6.07, 6.45) is 1.82. The summed E-state index contributed by atoms with van der Waals surface area (Å²) < 4.78 is 5.45. The fraction of sp³-hybridized carbons (Fsp3) is 0.400. The van der Waals surface area contributed by atoms with Crippen molar-refractivity contribution in [1.29, 1.82) is 0 Å². The third-order valence-electron chi connectivity index (χ3n) is 3.80. The number of nitrogens with two attached hydrogens (primary N) is 1. The number of nitrogens with zero attached hydrogens (tertiary/aromatic N) is 2. The first-order valence-corrected chi connectivity index (χ1v) is 6.81. The van der Waals surface area contributed by atoms with Crippen molar-refractivity contribution in [2.24, 2.45) is 0 Å². The van der Waals surface area contributed by atoms with Crippen LogP contribution in [0.2, 0.25) is 0 Å². The minimum Gasteiger partial charge on any atom is -0.398 e. The van der Waals surface area contributed by atoms with E-state index in [1.807, 2.05) is 31.3 Å². The number of pyridine rings is 1. The first kappa shape index (κ1) is 13.1. The molecule has 0 aliphatic carbocycles. The van der Waals surface area contributed by atoms with Crippen LogP contribution < -0.4 is 10.6 Å². The Morgan fingerprint density at radius 2 is 2.30 bits per heavy atom. The van der Waals surface area contributed by atoms with Crippen molar-refractivity contribution >= 4 is 22.1 Å². The number of nitrogen functional groups attached to an aromatic ring is 1. The van der Waals surface area contributed by atoms with Gasteiger partial charge in [0, 0.05) is 40.6 Å². The van der Waals surface area contributed by atoms with Crippen LogP contribution in [-0.4, -0.2) is 42.5 Å². The minimum absolute atomic E-state index is 0.0101. The van der Waals surface area contributed by atoms with E-state index in [-0.39, 0.29) is 12.6 Å². The molecule has 0 spiro atoms. The maximum atomic E-state index is 9.55. The van der Waals surface area contributed by atoms with Gasteiger partial charge in [0.1, 0.15) is 0 Å². The largest absolute Gasteiger partial charge is 0.398 e. The summed E-state index contributed by atoms with van der Waals surface area (Å²) in [6, 6.07) is 5.96. The lowest BCUT2D eigenvalue weighted by molar-refractivity contribution is 0.0728. The van der Waals surface area contributed by atoms with E-state index in [0.29, 0.717) is 13.2 Å². The SMILES string of the molecule is Cc1cc2c(N3CCOCC3CO)ccc(N)c2cn1. The molecule has 1 aliphatic rings. The molecule has 1 aromatic heterocycles. The van der Waals surface area contributed by atoms with E-state index in [1.54, 1.807) is 0 Å². The molecule has 3 rings (SSSR count). The molecule has 5 heteroatoms. The van der Waals surface area contributed by atoms with Gasteiger partial charge in [0.2, 0.25) is 0 Å². The summed E-state index contributed by atoms with van der Waals surface area (Å²) in [5.74, 6) is 0. The highest BCUT2D eigenvalue weighted by Gasteiger charge is 2.24. The third-order valence-corrected chi connectivity index (χ3v) is 3.80. The Bertz CT molecular complexity index is 630. The molecule has 2 aromatic rings. The molecule has 1 unspecified atom stereocenters. The van der Waals surface area contributed by atoms with E-state index < -0.39 is 0 Å². The van der Waals surface area contributed by atoms with Crippen LogP contribution >= 0.6 is 0 Å². The molecule has 1 aliphatic heterocycles. The number of aliphatic hydroxyl groups excluding tert-OH is 1. The molecular weight excluding hydrogens is 254 g/mol. The van der Waals surface area contributed by atoms with E-state index in [2.05, 4.69) is 9.88 Å². The zero-order valence-corrected chi connectivity index (χ0v) is 11.5. The van der Waals surface area contributed by atoms with Gasteiger partial charge in [-0.3, -0.25) is 4.98 Å². The van der Waals surface area contributed by atoms with Gasteiger partial charge in [-0.05, 0) is 25.1 Å². The van der Waals surface area contributed by atoms with Crippen LogP contribution in [0, 0.1) is 6.92 Å². The molecule has 0 amide bonds. The summed E-state index contributed by atoms with van der Waals surface area (Å²) in [4.78, 5) is 6.52. The standard InChI is InChI=1S/C15H19N3O2/c1-10-6-12-13(7-17-10)14(16)2-3-15(12)18-4-5-20-9-11(18)8-19/h2-3,6-7,11,19H,4-5,8-9,16H2,1H3. The van der Waals surface area contributed by atoms with Gasteiger partial charge in [-0.15, -0.1) is 0 Å². The van der Waals surface area contributed by atoms with E-state index in [4.69, 9.17) is 10.5 Å². The number of fused-ring (bicyclic) bond motifs is 1. The monoisotopic (exact) mass is 273 g/mol. The van der Waals surface area contributed by atoms with Crippen LogP contribution in [0.1, 0.15) is 5.69 Å². The second-order valence-electron chi connectivity index (χ2n) is 5.15. The molecule has 106 valence electrons. The number of aromatic nitrogens is 1. The number of anilines is 2. The molecule has 1 saturated heterocycles. The van der Waals surface area contributed by atoms with Crippen LogP contribution in [0.4, 0.5) is 11.4 Å². The Morgan fingerprint density at radius 1 is 1.45 bits per heavy atom. The average molecular weight is 273 g/mol. The third kappa shape index (κ3) is 2.19. The number of benzene rings is 1. The second-order valence-corrected chi connectivity index (χ2v) is 5.15. The van der Waals surface area contributed by atoms with Gasteiger partial charge < -0.3 is 20.5 Å². The molecule has 0 bridgehead atoms. The number of hydrogen-bond donors (Lipinski definition) is 2. The number of hydrogen-bond acceptors (Lipinski definition) is 5. The maximum absolute atomic E-state index is 9.55. The number of aryl methyl sites for hydroxylation is 1. The fourth-order valence-corrected chi connectivity index (χ4v) is 2.72. The van der Waals surface area contributed by atoms with Crippen LogP contribution in [0.15, 0.2) is 24.4 Å². The van der Waals surface area contributed by atoms with Crippen molar-refractivity contribution in [3.63, 3.8) is 0 Å². The van der Waals surface area contributed by atoms with Gasteiger partial charge in [-0.2, -0.15) is 0 Å². The number of ether oxygens (including phenoxy) is 1. The van der Waals surface area contributed by atoms with Crippen molar-refractivity contribution in [1.82, 2.24) is 4.98 Å². The van der Waals surface area contributed by atoms with Gasteiger partial charge in [0.25, 0.3) is 0 Å². The van der Waals surface area contributed by atoms with Gasteiger partial charge in [0.05, 0.1) is 25.9 Å². The highest BCUT2D eigenvalue weighted by molar-refractivity contribution is 6.01. The first-order chi connectivity index (χ1) is 9.70. The lowest BCUT2D eigenvalue weighted by Crippen LogP contribution is -2.47. The Kier molecular flexibility index (Phi) is 3.46. The van der Waals surface area contributed by atoms with E-state index in [0.717, 1.165) is 34.4 Å². The Labute approximate surface area is 118 Å². The second kappa shape index (κ2) is 5.26. The molecule has 3 N–H and O–H groups in total. The highest BCUT2D eigenvalue weighted by Crippen LogP contribution is 2.32. The zero-order valence-electron chi connectivity index (χ0n) is 11.5. The van der Waals surface area contributed by atoms with E-state index in [1.165, 1.54) is 0 Å². The number of morpholine rings is 1. The van der Waals surface area contributed by atoms with E-state index >= 15 is 0 Å². The van der Waals surface area contributed by atoms with Crippen LogP contribution in [-0.2, 0) is 4.74 Å². The lowest BCUT2D eigenvalue weighted by atomic mass is 10.1. The van der Waals surface area contributed by atoms with Gasteiger partial charge in [-0.1, -0.05) is 0 Å².